The number of hydrogen-bond donors (Lipinski definition) is 1. The third-order valence-corrected chi connectivity index (χ3v) is 4.34. The van der Waals surface area contributed by atoms with Gasteiger partial charge >= 0.3 is 0 Å². The van der Waals surface area contributed by atoms with Crippen molar-refractivity contribution in [2.24, 2.45) is 5.73 Å². The Balaban J connectivity index is 2.15. The van der Waals surface area contributed by atoms with Gasteiger partial charge in [0.2, 0.25) is 0 Å². The van der Waals surface area contributed by atoms with Crippen LogP contribution >= 0.6 is 11.3 Å². The summed E-state index contributed by atoms with van der Waals surface area (Å²) in [6.07, 6.45) is 6.47. The normalized spacial score (nSPS) is 17.9. The summed E-state index contributed by atoms with van der Waals surface area (Å²) in [4.78, 5) is 6.12. The monoisotopic (exact) mass is 210 g/mol. The molecule has 1 aliphatic rings. The van der Waals surface area contributed by atoms with E-state index in [9.17, 15) is 0 Å². The molecule has 1 aromatic rings. The molecule has 0 saturated heterocycles. The second kappa shape index (κ2) is 4.41. The lowest BCUT2D eigenvalue weighted by Gasteiger charge is -2.05. The summed E-state index contributed by atoms with van der Waals surface area (Å²) in [5.74, 6) is 0.805. The maximum absolute atomic E-state index is 5.54. The second-order valence-electron chi connectivity index (χ2n) is 4.08. The van der Waals surface area contributed by atoms with Gasteiger partial charge < -0.3 is 5.73 Å². The van der Waals surface area contributed by atoms with E-state index >= 15 is 0 Å². The molecule has 0 aromatic carbocycles. The van der Waals surface area contributed by atoms with Gasteiger partial charge in [0.1, 0.15) is 0 Å². The Bertz CT molecular complexity index is 300. The van der Waals surface area contributed by atoms with Crippen molar-refractivity contribution in [2.45, 2.75) is 44.9 Å². The summed E-state index contributed by atoms with van der Waals surface area (Å²) < 4.78 is 0. The molecule has 1 heterocycles. The standard InChI is InChI=1S/C11H18N2S/c1-8-11(9-4-2-3-5-9)14-10(13-8)6-7-12/h9H,2-7,12H2,1H3. The van der Waals surface area contributed by atoms with Crippen LogP contribution in [0.1, 0.15) is 47.2 Å². The number of aryl methyl sites for hydroxylation is 1. The van der Waals surface area contributed by atoms with E-state index in [4.69, 9.17) is 5.73 Å². The zero-order chi connectivity index (χ0) is 9.97. The smallest absolute Gasteiger partial charge is 0.0943 e. The third-order valence-electron chi connectivity index (χ3n) is 2.96. The van der Waals surface area contributed by atoms with Crippen molar-refractivity contribution >= 4 is 11.3 Å². The van der Waals surface area contributed by atoms with Gasteiger partial charge in [-0.15, -0.1) is 11.3 Å². The van der Waals surface area contributed by atoms with Gasteiger partial charge in [-0.3, -0.25) is 0 Å². The lowest BCUT2D eigenvalue weighted by molar-refractivity contribution is 0.730. The van der Waals surface area contributed by atoms with Crippen molar-refractivity contribution in [2.75, 3.05) is 6.54 Å². The zero-order valence-electron chi connectivity index (χ0n) is 8.75. The maximum Gasteiger partial charge on any atom is 0.0943 e. The highest BCUT2D eigenvalue weighted by Crippen LogP contribution is 2.38. The molecule has 1 aromatic heterocycles. The van der Waals surface area contributed by atoms with Gasteiger partial charge in [-0.1, -0.05) is 12.8 Å². The van der Waals surface area contributed by atoms with Gasteiger partial charge in [0.15, 0.2) is 0 Å². The fourth-order valence-electron chi connectivity index (χ4n) is 2.26. The number of rotatable bonds is 3. The minimum atomic E-state index is 0.719. The van der Waals surface area contributed by atoms with Gasteiger partial charge in [0.25, 0.3) is 0 Å². The Morgan fingerprint density at radius 2 is 2.14 bits per heavy atom. The average Bonchev–Trinajstić information content (AvgIpc) is 2.74. The highest BCUT2D eigenvalue weighted by atomic mass is 32.1. The van der Waals surface area contributed by atoms with E-state index in [0.29, 0.717) is 0 Å². The van der Waals surface area contributed by atoms with Crippen molar-refractivity contribution < 1.29 is 0 Å². The summed E-state index contributed by atoms with van der Waals surface area (Å²) in [6, 6.07) is 0. The highest BCUT2D eigenvalue weighted by Gasteiger charge is 2.21. The Labute approximate surface area is 89.5 Å². The molecule has 3 heteroatoms. The third kappa shape index (κ3) is 1.98. The van der Waals surface area contributed by atoms with Gasteiger partial charge in [-0.05, 0) is 32.2 Å². The fourth-order valence-corrected chi connectivity index (χ4v) is 3.51. The molecule has 0 aliphatic heterocycles. The Morgan fingerprint density at radius 1 is 1.43 bits per heavy atom. The van der Waals surface area contributed by atoms with Crippen LogP contribution < -0.4 is 5.73 Å². The summed E-state index contributed by atoms with van der Waals surface area (Å²) in [5.41, 5.74) is 6.79. The molecule has 0 spiro atoms. The molecule has 78 valence electrons. The molecule has 14 heavy (non-hydrogen) atoms. The van der Waals surface area contributed by atoms with Crippen LogP contribution in [-0.4, -0.2) is 11.5 Å². The van der Waals surface area contributed by atoms with Crippen LogP contribution in [-0.2, 0) is 6.42 Å². The van der Waals surface area contributed by atoms with Crippen molar-refractivity contribution in [3.8, 4) is 0 Å². The van der Waals surface area contributed by atoms with Crippen molar-refractivity contribution in [3.05, 3.63) is 15.6 Å². The molecule has 0 unspecified atom stereocenters. The number of hydrogen-bond acceptors (Lipinski definition) is 3. The first-order valence-corrected chi connectivity index (χ1v) is 6.29. The van der Waals surface area contributed by atoms with Crippen LogP contribution in [0.2, 0.25) is 0 Å². The van der Waals surface area contributed by atoms with Gasteiger partial charge in [0.05, 0.1) is 10.7 Å². The predicted molar refractivity (Wildman–Crippen MR) is 60.8 cm³/mol. The zero-order valence-corrected chi connectivity index (χ0v) is 9.57. The van der Waals surface area contributed by atoms with E-state index in [-0.39, 0.29) is 0 Å². The second-order valence-corrected chi connectivity index (χ2v) is 5.19. The average molecular weight is 210 g/mol. The molecule has 0 bridgehead atoms. The predicted octanol–water partition coefficient (Wildman–Crippen LogP) is 2.61. The number of aromatic nitrogens is 1. The van der Waals surface area contributed by atoms with Crippen LogP contribution in [0.25, 0.3) is 0 Å². The summed E-state index contributed by atoms with van der Waals surface area (Å²) in [6.45, 7) is 2.86. The lowest BCUT2D eigenvalue weighted by atomic mass is 10.1. The topological polar surface area (TPSA) is 38.9 Å². The summed E-state index contributed by atoms with van der Waals surface area (Å²) >= 11 is 1.89. The molecular formula is C11H18N2S. The quantitative estimate of drug-likeness (QED) is 0.833. The molecular weight excluding hydrogens is 192 g/mol. The van der Waals surface area contributed by atoms with E-state index in [1.54, 1.807) is 0 Å². The van der Waals surface area contributed by atoms with E-state index in [0.717, 1.165) is 18.9 Å². The van der Waals surface area contributed by atoms with E-state index in [1.807, 2.05) is 11.3 Å². The van der Waals surface area contributed by atoms with E-state index < -0.39 is 0 Å². The lowest BCUT2D eigenvalue weighted by Crippen LogP contribution is -2.01. The molecule has 1 fully saturated rings. The van der Waals surface area contributed by atoms with Crippen LogP contribution in [0.15, 0.2) is 0 Å². The molecule has 2 nitrogen and oxygen atoms in total. The molecule has 2 rings (SSSR count). The Hall–Kier alpha value is -0.410. The molecule has 1 aliphatic carbocycles. The van der Waals surface area contributed by atoms with Crippen molar-refractivity contribution in [1.29, 1.82) is 0 Å². The van der Waals surface area contributed by atoms with Crippen LogP contribution in [0, 0.1) is 6.92 Å². The molecule has 2 N–H and O–H groups in total. The first kappa shape index (κ1) is 10.1. The van der Waals surface area contributed by atoms with Crippen molar-refractivity contribution in [1.82, 2.24) is 4.98 Å². The van der Waals surface area contributed by atoms with E-state index in [2.05, 4.69) is 11.9 Å². The number of thiazole rings is 1. The molecule has 0 radical (unpaired) electrons. The van der Waals surface area contributed by atoms with Crippen LogP contribution in [0.5, 0.6) is 0 Å². The molecule has 0 amide bonds. The minimum Gasteiger partial charge on any atom is -0.330 e. The number of nitrogens with two attached hydrogens (primary N) is 1. The van der Waals surface area contributed by atoms with Crippen molar-refractivity contribution in [3.63, 3.8) is 0 Å². The largest absolute Gasteiger partial charge is 0.330 e. The van der Waals surface area contributed by atoms with E-state index in [1.165, 1.54) is 41.3 Å². The van der Waals surface area contributed by atoms with Gasteiger partial charge in [-0.25, -0.2) is 4.98 Å². The summed E-state index contributed by atoms with van der Waals surface area (Å²) in [7, 11) is 0. The Kier molecular flexibility index (Phi) is 3.19. The minimum absolute atomic E-state index is 0.719. The van der Waals surface area contributed by atoms with Crippen LogP contribution in [0.3, 0.4) is 0 Å². The van der Waals surface area contributed by atoms with Gasteiger partial charge in [-0.2, -0.15) is 0 Å². The van der Waals surface area contributed by atoms with Gasteiger partial charge in [0, 0.05) is 11.3 Å². The first-order chi connectivity index (χ1) is 6.81. The van der Waals surface area contributed by atoms with Crippen LogP contribution in [0.4, 0.5) is 0 Å². The fraction of sp³-hybridized carbons (Fsp3) is 0.727. The SMILES string of the molecule is Cc1nc(CCN)sc1C1CCCC1. The first-order valence-electron chi connectivity index (χ1n) is 5.47. The Morgan fingerprint density at radius 3 is 2.79 bits per heavy atom. The maximum atomic E-state index is 5.54. The molecule has 1 saturated carbocycles. The molecule has 0 atom stereocenters. The highest BCUT2D eigenvalue weighted by molar-refractivity contribution is 7.11. The summed E-state index contributed by atoms with van der Waals surface area (Å²) in [5, 5.41) is 1.23. The number of nitrogens with zero attached hydrogens (tertiary/aromatic N) is 1.